The van der Waals surface area contributed by atoms with E-state index in [0.717, 1.165) is 0 Å². The summed E-state index contributed by atoms with van der Waals surface area (Å²) in [7, 11) is 0.886. The monoisotopic (exact) mass is 272 g/mol. The van der Waals surface area contributed by atoms with Crippen molar-refractivity contribution in [3.8, 4) is 17.2 Å². The largest absolute Gasteiger partial charge is 0.493 e. The van der Waals surface area contributed by atoms with E-state index >= 15 is 0 Å². The number of ether oxygens (including phenoxy) is 3. The van der Waals surface area contributed by atoms with Crippen LogP contribution in [-0.4, -0.2) is 35.5 Å². The van der Waals surface area contributed by atoms with E-state index in [-0.39, 0.29) is 10.6 Å². The van der Waals surface area contributed by atoms with Crippen LogP contribution in [0.25, 0.3) is 0 Å². The summed E-state index contributed by atoms with van der Waals surface area (Å²) in [4.78, 5) is 0.108. The van der Waals surface area contributed by atoms with E-state index in [1.54, 1.807) is 0 Å². The van der Waals surface area contributed by atoms with Gasteiger partial charge in [0.05, 0.1) is 32.0 Å². The SMILES string of the molecule is C=CCS(=O)(=O)c1cc(OC)c(OC)c(OC)c1. The van der Waals surface area contributed by atoms with Gasteiger partial charge in [0.15, 0.2) is 21.3 Å². The molecule has 0 amide bonds. The number of methoxy groups -OCH3 is 3. The van der Waals surface area contributed by atoms with Gasteiger partial charge >= 0.3 is 0 Å². The van der Waals surface area contributed by atoms with Gasteiger partial charge in [-0.2, -0.15) is 0 Å². The molecule has 0 spiro atoms. The minimum Gasteiger partial charge on any atom is -0.493 e. The van der Waals surface area contributed by atoms with Crippen LogP contribution in [0.5, 0.6) is 17.2 Å². The van der Waals surface area contributed by atoms with Crippen LogP contribution in [0.2, 0.25) is 0 Å². The molecule has 0 bridgehead atoms. The summed E-state index contributed by atoms with van der Waals surface area (Å²) in [5, 5.41) is 0. The molecule has 0 N–H and O–H groups in total. The Morgan fingerprint density at radius 2 is 1.61 bits per heavy atom. The van der Waals surface area contributed by atoms with Crippen molar-refractivity contribution in [3.05, 3.63) is 24.8 Å². The molecule has 1 aromatic rings. The Hall–Kier alpha value is -1.69. The quantitative estimate of drug-likeness (QED) is 0.737. The summed E-state index contributed by atoms with van der Waals surface area (Å²) in [6.07, 6.45) is 1.33. The summed E-state index contributed by atoms with van der Waals surface area (Å²) in [5.74, 6) is 0.822. The molecule has 1 aromatic carbocycles. The van der Waals surface area contributed by atoms with Gasteiger partial charge in [-0.15, -0.1) is 6.58 Å². The smallest absolute Gasteiger partial charge is 0.203 e. The van der Waals surface area contributed by atoms with Crippen LogP contribution in [0.4, 0.5) is 0 Å². The van der Waals surface area contributed by atoms with Gasteiger partial charge < -0.3 is 14.2 Å². The molecule has 18 heavy (non-hydrogen) atoms. The first kappa shape index (κ1) is 14.4. The first-order valence-corrected chi connectivity index (χ1v) is 6.79. The summed E-state index contributed by atoms with van der Waals surface area (Å²) in [5.41, 5.74) is 0. The number of benzene rings is 1. The number of rotatable bonds is 6. The van der Waals surface area contributed by atoms with Gasteiger partial charge in [-0.1, -0.05) is 6.08 Å². The Morgan fingerprint density at radius 1 is 1.11 bits per heavy atom. The maximum atomic E-state index is 11.9. The van der Waals surface area contributed by atoms with Gasteiger partial charge in [0, 0.05) is 12.1 Å². The van der Waals surface area contributed by atoms with Crippen molar-refractivity contribution in [2.45, 2.75) is 4.90 Å². The molecule has 0 saturated carbocycles. The zero-order valence-electron chi connectivity index (χ0n) is 10.6. The van der Waals surface area contributed by atoms with Crippen LogP contribution in [0.3, 0.4) is 0 Å². The normalized spacial score (nSPS) is 10.8. The molecule has 1 rings (SSSR count). The molecule has 0 aliphatic rings. The fourth-order valence-electron chi connectivity index (χ4n) is 1.49. The van der Waals surface area contributed by atoms with Gasteiger partial charge in [0.2, 0.25) is 5.75 Å². The van der Waals surface area contributed by atoms with Gasteiger partial charge in [0.25, 0.3) is 0 Å². The summed E-state index contributed by atoms with van der Waals surface area (Å²) >= 11 is 0. The van der Waals surface area contributed by atoms with Gasteiger partial charge in [-0.05, 0) is 0 Å². The van der Waals surface area contributed by atoms with E-state index in [9.17, 15) is 8.42 Å². The average Bonchev–Trinajstić information content (AvgIpc) is 2.36. The van der Waals surface area contributed by atoms with Gasteiger partial charge in [-0.25, -0.2) is 8.42 Å². The van der Waals surface area contributed by atoms with Crippen LogP contribution in [0.15, 0.2) is 29.7 Å². The predicted octanol–water partition coefficient (Wildman–Crippen LogP) is 1.67. The van der Waals surface area contributed by atoms with Gasteiger partial charge in [-0.3, -0.25) is 0 Å². The van der Waals surface area contributed by atoms with Crippen LogP contribution in [0.1, 0.15) is 0 Å². The van der Waals surface area contributed by atoms with Crippen molar-refractivity contribution in [1.29, 1.82) is 0 Å². The molecule has 100 valence electrons. The first-order valence-electron chi connectivity index (χ1n) is 5.13. The molecule has 0 saturated heterocycles. The van der Waals surface area contributed by atoms with E-state index in [1.807, 2.05) is 0 Å². The second-order valence-corrected chi connectivity index (χ2v) is 5.47. The lowest BCUT2D eigenvalue weighted by atomic mass is 10.3. The molecule has 0 heterocycles. The number of hydrogen-bond donors (Lipinski definition) is 0. The molecule has 0 aliphatic carbocycles. The zero-order chi connectivity index (χ0) is 13.8. The standard InChI is InChI=1S/C12H16O5S/c1-5-6-18(13,14)9-7-10(15-2)12(17-4)11(8-9)16-3/h5,7-8H,1,6H2,2-4H3. The van der Waals surface area contributed by atoms with E-state index in [1.165, 1.54) is 39.5 Å². The lowest BCUT2D eigenvalue weighted by Gasteiger charge is -2.13. The Morgan fingerprint density at radius 3 is 1.94 bits per heavy atom. The number of hydrogen-bond acceptors (Lipinski definition) is 5. The van der Waals surface area contributed by atoms with Gasteiger partial charge in [0.1, 0.15) is 0 Å². The lowest BCUT2D eigenvalue weighted by molar-refractivity contribution is 0.323. The second-order valence-electron chi connectivity index (χ2n) is 3.43. The van der Waals surface area contributed by atoms with Crippen LogP contribution in [-0.2, 0) is 9.84 Å². The Bertz CT molecular complexity index is 508. The molecule has 6 heteroatoms. The molecule has 0 atom stereocenters. The fourth-order valence-corrected chi connectivity index (χ4v) is 2.56. The van der Waals surface area contributed by atoms with Crippen LogP contribution in [0, 0.1) is 0 Å². The van der Waals surface area contributed by atoms with E-state index in [4.69, 9.17) is 14.2 Å². The third kappa shape index (κ3) is 2.76. The van der Waals surface area contributed by atoms with Crippen LogP contribution < -0.4 is 14.2 Å². The highest BCUT2D eigenvalue weighted by Gasteiger charge is 2.20. The Balaban J connectivity index is 3.45. The van der Waals surface area contributed by atoms with Crippen molar-refractivity contribution in [1.82, 2.24) is 0 Å². The maximum absolute atomic E-state index is 11.9. The zero-order valence-corrected chi connectivity index (χ0v) is 11.4. The van der Waals surface area contributed by atoms with E-state index in [0.29, 0.717) is 17.2 Å². The Labute approximate surface area is 107 Å². The first-order chi connectivity index (χ1) is 8.50. The average molecular weight is 272 g/mol. The number of sulfone groups is 1. The molecular formula is C12H16O5S. The highest BCUT2D eigenvalue weighted by molar-refractivity contribution is 7.91. The lowest BCUT2D eigenvalue weighted by Crippen LogP contribution is -2.06. The highest BCUT2D eigenvalue weighted by atomic mass is 32.2. The molecule has 0 unspecified atom stereocenters. The minimum absolute atomic E-state index is 0.108. The van der Waals surface area contributed by atoms with Crippen molar-refractivity contribution in [2.24, 2.45) is 0 Å². The molecule has 0 fully saturated rings. The summed E-state index contributed by atoms with van der Waals surface area (Å²) in [6, 6.07) is 2.81. The Kier molecular flexibility index (Phi) is 4.61. The van der Waals surface area contributed by atoms with Crippen molar-refractivity contribution in [3.63, 3.8) is 0 Å². The van der Waals surface area contributed by atoms with E-state index in [2.05, 4.69) is 6.58 Å². The summed E-state index contributed by atoms with van der Waals surface area (Å²) in [6.45, 7) is 3.42. The molecule has 0 aromatic heterocycles. The highest BCUT2D eigenvalue weighted by Crippen LogP contribution is 2.39. The summed E-state index contributed by atoms with van der Waals surface area (Å²) < 4.78 is 39.2. The molecule has 0 radical (unpaired) electrons. The topological polar surface area (TPSA) is 61.8 Å². The van der Waals surface area contributed by atoms with Crippen molar-refractivity contribution in [2.75, 3.05) is 27.1 Å². The third-order valence-electron chi connectivity index (χ3n) is 2.33. The fraction of sp³-hybridized carbons (Fsp3) is 0.333. The maximum Gasteiger partial charge on any atom is 0.203 e. The van der Waals surface area contributed by atoms with Crippen molar-refractivity contribution >= 4 is 9.84 Å². The molecule has 0 aliphatic heterocycles. The second kappa shape index (κ2) is 5.77. The molecular weight excluding hydrogens is 256 g/mol. The van der Waals surface area contributed by atoms with Crippen molar-refractivity contribution < 1.29 is 22.6 Å². The van der Waals surface area contributed by atoms with Crippen LogP contribution >= 0.6 is 0 Å². The molecule has 5 nitrogen and oxygen atoms in total. The van der Waals surface area contributed by atoms with E-state index < -0.39 is 9.84 Å². The predicted molar refractivity (Wildman–Crippen MR) is 68.3 cm³/mol. The minimum atomic E-state index is -3.43. The third-order valence-corrected chi connectivity index (χ3v) is 3.96.